The first-order valence-corrected chi connectivity index (χ1v) is 10.0. The van der Waals surface area contributed by atoms with Crippen molar-refractivity contribution in [3.8, 4) is 0 Å². The van der Waals surface area contributed by atoms with E-state index in [1.807, 2.05) is 30.3 Å². The summed E-state index contributed by atoms with van der Waals surface area (Å²) in [6.45, 7) is 6.13. The van der Waals surface area contributed by atoms with E-state index in [9.17, 15) is 4.79 Å². The van der Waals surface area contributed by atoms with Crippen LogP contribution < -0.4 is 10.2 Å². The van der Waals surface area contributed by atoms with Gasteiger partial charge in [0.2, 0.25) is 0 Å². The molecule has 1 aromatic carbocycles. The zero-order chi connectivity index (χ0) is 16.4. The van der Waals surface area contributed by atoms with Gasteiger partial charge in [0.05, 0.1) is 15.3 Å². The molecule has 0 unspecified atom stereocenters. The number of nitrogens with zero attached hydrogens (tertiary/aromatic N) is 2. The van der Waals surface area contributed by atoms with Crippen molar-refractivity contribution >= 4 is 71.5 Å². The highest BCUT2D eigenvalue weighted by Crippen LogP contribution is 2.35. The minimum Gasteiger partial charge on any atom is -0.349 e. The molecule has 0 radical (unpaired) electrons. The third-order valence-electron chi connectivity index (χ3n) is 3.46. The Morgan fingerprint density at radius 2 is 2.00 bits per heavy atom. The van der Waals surface area contributed by atoms with Crippen LogP contribution in [-0.4, -0.2) is 24.0 Å². The van der Waals surface area contributed by atoms with Gasteiger partial charge >= 0.3 is 0 Å². The Bertz CT molecular complexity index is 807. The summed E-state index contributed by atoms with van der Waals surface area (Å²) in [6.07, 6.45) is 0. The van der Waals surface area contributed by atoms with Crippen LogP contribution in [0.4, 0.5) is 10.8 Å². The standard InChI is InChI=1S/C16H16IN3OS2/c1-3-20(4-2)16-19-15-13(23-16)9-12(22-15)14(21)18-11-8-6-5-7-10(11)17/h5-9H,3-4H2,1-2H3,(H,18,21). The second-order valence-corrected chi connectivity index (χ2v) is 8.08. The molecule has 2 aromatic heterocycles. The SMILES string of the molecule is CCN(CC)c1nc2sc(C(=O)Nc3ccccc3I)cc2s1. The molecule has 1 amide bonds. The van der Waals surface area contributed by atoms with Crippen LogP contribution >= 0.6 is 45.3 Å². The van der Waals surface area contributed by atoms with Gasteiger partial charge in [0, 0.05) is 16.7 Å². The van der Waals surface area contributed by atoms with Crippen molar-refractivity contribution in [2.24, 2.45) is 0 Å². The fourth-order valence-corrected chi connectivity index (χ4v) is 4.97. The normalized spacial score (nSPS) is 10.9. The number of para-hydroxylation sites is 1. The van der Waals surface area contributed by atoms with Crippen molar-refractivity contribution < 1.29 is 4.79 Å². The van der Waals surface area contributed by atoms with E-state index in [-0.39, 0.29) is 5.91 Å². The van der Waals surface area contributed by atoms with Gasteiger partial charge in [0.25, 0.3) is 5.91 Å². The van der Waals surface area contributed by atoms with Crippen LogP contribution in [0.25, 0.3) is 9.53 Å². The van der Waals surface area contributed by atoms with E-state index in [1.165, 1.54) is 11.3 Å². The van der Waals surface area contributed by atoms with E-state index in [0.29, 0.717) is 4.88 Å². The number of rotatable bonds is 5. The first kappa shape index (κ1) is 16.7. The molecule has 2 heterocycles. The van der Waals surface area contributed by atoms with Gasteiger partial charge in [-0.25, -0.2) is 4.98 Å². The number of carbonyl (C=O) groups excluding carboxylic acids is 1. The van der Waals surface area contributed by atoms with Gasteiger partial charge in [-0.15, -0.1) is 11.3 Å². The molecule has 23 heavy (non-hydrogen) atoms. The third-order valence-corrected chi connectivity index (χ3v) is 6.62. The lowest BCUT2D eigenvalue weighted by Gasteiger charge is -2.16. The highest BCUT2D eigenvalue weighted by Gasteiger charge is 2.16. The molecule has 1 N–H and O–H groups in total. The first-order valence-electron chi connectivity index (χ1n) is 7.33. The summed E-state index contributed by atoms with van der Waals surface area (Å²) in [5.41, 5.74) is 0.839. The molecule has 3 rings (SSSR count). The number of aromatic nitrogens is 1. The highest BCUT2D eigenvalue weighted by molar-refractivity contribution is 14.1. The number of hydrogen-bond acceptors (Lipinski definition) is 5. The molecular formula is C16H16IN3OS2. The average molecular weight is 457 g/mol. The maximum atomic E-state index is 12.4. The fourth-order valence-electron chi connectivity index (χ4n) is 2.21. The van der Waals surface area contributed by atoms with Crippen LogP contribution in [0.15, 0.2) is 30.3 Å². The number of thiazole rings is 1. The van der Waals surface area contributed by atoms with Crippen LogP contribution in [0, 0.1) is 3.57 Å². The lowest BCUT2D eigenvalue weighted by molar-refractivity contribution is 0.103. The van der Waals surface area contributed by atoms with Gasteiger partial charge < -0.3 is 10.2 Å². The topological polar surface area (TPSA) is 45.2 Å². The predicted octanol–water partition coefficient (Wildman–Crippen LogP) is 5.06. The van der Waals surface area contributed by atoms with Gasteiger partial charge in [-0.05, 0) is 54.6 Å². The number of amides is 1. The van der Waals surface area contributed by atoms with E-state index in [2.05, 4.69) is 51.6 Å². The first-order chi connectivity index (χ1) is 11.1. The molecule has 4 nitrogen and oxygen atoms in total. The summed E-state index contributed by atoms with van der Waals surface area (Å²) in [5, 5.41) is 4.00. The zero-order valence-corrected chi connectivity index (χ0v) is 16.6. The van der Waals surface area contributed by atoms with Crippen molar-refractivity contribution in [3.63, 3.8) is 0 Å². The number of thiophene rings is 1. The number of fused-ring (bicyclic) bond motifs is 1. The molecule has 7 heteroatoms. The quantitative estimate of drug-likeness (QED) is 0.545. The molecule has 0 fully saturated rings. The predicted molar refractivity (Wildman–Crippen MR) is 108 cm³/mol. The number of halogens is 1. The molecule has 0 aliphatic rings. The summed E-state index contributed by atoms with van der Waals surface area (Å²) in [6, 6.07) is 9.70. The minimum atomic E-state index is -0.0753. The number of benzene rings is 1. The van der Waals surface area contributed by atoms with Crippen LogP contribution in [-0.2, 0) is 0 Å². The van der Waals surface area contributed by atoms with Gasteiger partial charge in [0.1, 0.15) is 4.83 Å². The Kier molecular flexibility index (Phi) is 5.17. The molecule has 0 spiro atoms. The molecule has 0 aliphatic carbocycles. The zero-order valence-electron chi connectivity index (χ0n) is 12.8. The molecule has 0 saturated carbocycles. The second-order valence-electron chi connectivity index (χ2n) is 4.88. The van der Waals surface area contributed by atoms with Crippen molar-refractivity contribution in [1.29, 1.82) is 0 Å². The highest BCUT2D eigenvalue weighted by atomic mass is 127. The van der Waals surface area contributed by atoms with Crippen LogP contribution in [0.5, 0.6) is 0 Å². The molecule has 0 saturated heterocycles. The van der Waals surface area contributed by atoms with E-state index in [1.54, 1.807) is 11.3 Å². The fraction of sp³-hybridized carbons (Fsp3) is 0.250. The van der Waals surface area contributed by atoms with E-state index >= 15 is 0 Å². The Morgan fingerprint density at radius 1 is 1.26 bits per heavy atom. The molecular weight excluding hydrogens is 441 g/mol. The second kappa shape index (κ2) is 7.14. The number of hydrogen-bond donors (Lipinski definition) is 1. The maximum Gasteiger partial charge on any atom is 0.265 e. The Balaban J connectivity index is 1.82. The Labute approximate surface area is 156 Å². The molecule has 0 aliphatic heterocycles. The van der Waals surface area contributed by atoms with Crippen molar-refractivity contribution in [3.05, 3.63) is 38.8 Å². The van der Waals surface area contributed by atoms with E-state index in [0.717, 1.165) is 37.0 Å². The van der Waals surface area contributed by atoms with Gasteiger partial charge in [-0.3, -0.25) is 4.79 Å². The van der Waals surface area contributed by atoms with E-state index in [4.69, 9.17) is 0 Å². The smallest absolute Gasteiger partial charge is 0.265 e. The summed E-state index contributed by atoms with van der Waals surface area (Å²) < 4.78 is 2.10. The monoisotopic (exact) mass is 457 g/mol. The Morgan fingerprint density at radius 3 is 2.65 bits per heavy atom. The summed E-state index contributed by atoms with van der Waals surface area (Å²) in [4.78, 5) is 21.0. The molecule has 120 valence electrons. The minimum absolute atomic E-state index is 0.0753. The lowest BCUT2D eigenvalue weighted by Crippen LogP contribution is -2.21. The van der Waals surface area contributed by atoms with Gasteiger partial charge in [0.15, 0.2) is 5.13 Å². The summed E-state index contributed by atoms with van der Waals surface area (Å²) >= 11 is 5.31. The number of carbonyl (C=O) groups is 1. The number of anilines is 2. The third kappa shape index (κ3) is 3.51. The van der Waals surface area contributed by atoms with E-state index < -0.39 is 0 Å². The maximum absolute atomic E-state index is 12.4. The van der Waals surface area contributed by atoms with Crippen LogP contribution in [0.2, 0.25) is 0 Å². The van der Waals surface area contributed by atoms with Gasteiger partial charge in [-0.2, -0.15) is 0 Å². The summed E-state index contributed by atoms with van der Waals surface area (Å²) in [5.74, 6) is -0.0753. The molecule has 0 bridgehead atoms. The summed E-state index contributed by atoms with van der Waals surface area (Å²) in [7, 11) is 0. The Hall–Kier alpha value is -1.19. The van der Waals surface area contributed by atoms with Crippen LogP contribution in [0.1, 0.15) is 23.5 Å². The number of nitrogens with one attached hydrogen (secondary N) is 1. The molecule has 0 atom stereocenters. The lowest BCUT2D eigenvalue weighted by atomic mass is 10.3. The van der Waals surface area contributed by atoms with Crippen molar-refractivity contribution in [2.45, 2.75) is 13.8 Å². The van der Waals surface area contributed by atoms with Crippen molar-refractivity contribution in [1.82, 2.24) is 4.98 Å². The van der Waals surface area contributed by atoms with Gasteiger partial charge in [-0.1, -0.05) is 23.5 Å². The largest absolute Gasteiger partial charge is 0.349 e. The molecule has 3 aromatic rings. The van der Waals surface area contributed by atoms with Crippen molar-refractivity contribution in [2.75, 3.05) is 23.3 Å². The van der Waals surface area contributed by atoms with Crippen LogP contribution in [0.3, 0.4) is 0 Å². The average Bonchev–Trinajstić information content (AvgIpc) is 3.10.